The SMILES string of the molecule is CC1(C(O)NC2(C3=CCC(F)C=C3)CC2)CCC2(CC2)CC1. The molecule has 0 aliphatic heterocycles. The largest absolute Gasteiger partial charge is 0.378 e. The molecule has 0 heterocycles. The van der Waals surface area contributed by atoms with Gasteiger partial charge in [0.15, 0.2) is 0 Å². The van der Waals surface area contributed by atoms with Crippen molar-refractivity contribution in [3.05, 3.63) is 23.8 Å². The van der Waals surface area contributed by atoms with Gasteiger partial charge in [0.05, 0.1) is 0 Å². The highest BCUT2D eigenvalue weighted by Crippen LogP contribution is 2.60. The molecule has 3 fully saturated rings. The Morgan fingerprint density at radius 3 is 2.27 bits per heavy atom. The van der Waals surface area contributed by atoms with Gasteiger partial charge in [0.1, 0.15) is 12.4 Å². The van der Waals surface area contributed by atoms with Crippen LogP contribution in [0.5, 0.6) is 0 Å². The molecule has 2 nitrogen and oxygen atoms in total. The van der Waals surface area contributed by atoms with Crippen molar-refractivity contribution in [1.82, 2.24) is 5.32 Å². The average Bonchev–Trinajstić information content (AvgIpc) is 3.42. The van der Waals surface area contributed by atoms with Gasteiger partial charge in [0.25, 0.3) is 0 Å². The van der Waals surface area contributed by atoms with Crippen LogP contribution in [0.3, 0.4) is 0 Å². The van der Waals surface area contributed by atoms with E-state index in [4.69, 9.17) is 0 Å². The van der Waals surface area contributed by atoms with Crippen molar-refractivity contribution in [3.63, 3.8) is 0 Å². The Kier molecular flexibility index (Phi) is 3.32. The molecule has 0 saturated heterocycles. The van der Waals surface area contributed by atoms with E-state index in [9.17, 15) is 9.50 Å². The highest BCUT2D eigenvalue weighted by atomic mass is 19.1. The van der Waals surface area contributed by atoms with Crippen LogP contribution in [0.4, 0.5) is 4.39 Å². The van der Waals surface area contributed by atoms with E-state index in [0.29, 0.717) is 11.8 Å². The maximum Gasteiger partial charge on any atom is 0.122 e. The van der Waals surface area contributed by atoms with Crippen LogP contribution >= 0.6 is 0 Å². The third kappa shape index (κ3) is 2.56. The summed E-state index contributed by atoms with van der Waals surface area (Å²) in [5.74, 6) is 0. The first-order valence-electron chi connectivity index (χ1n) is 8.94. The molecule has 3 saturated carbocycles. The smallest absolute Gasteiger partial charge is 0.122 e. The lowest BCUT2D eigenvalue weighted by molar-refractivity contribution is -0.0325. The fourth-order valence-corrected chi connectivity index (χ4v) is 4.33. The molecule has 0 aromatic heterocycles. The van der Waals surface area contributed by atoms with E-state index < -0.39 is 12.4 Å². The van der Waals surface area contributed by atoms with Crippen LogP contribution in [0.1, 0.15) is 64.7 Å². The summed E-state index contributed by atoms with van der Waals surface area (Å²) in [4.78, 5) is 0. The van der Waals surface area contributed by atoms with E-state index in [1.807, 2.05) is 12.2 Å². The summed E-state index contributed by atoms with van der Waals surface area (Å²) in [7, 11) is 0. The van der Waals surface area contributed by atoms with Crippen LogP contribution in [0.15, 0.2) is 23.8 Å². The zero-order valence-electron chi connectivity index (χ0n) is 13.6. The first-order chi connectivity index (χ1) is 10.5. The van der Waals surface area contributed by atoms with E-state index in [2.05, 4.69) is 12.2 Å². The summed E-state index contributed by atoms with van der Waals surface area (Å²) in [6.07, 6.45) is 14.5. The Hall–Kier alpha value is -0.670. The second-order valence-electron chi connectivity index (χ2n) is 8.55. The van der Waals surface area contributed by atoms with Gasteiger partial charge in [0, 0.05) is 17.4 Å². The molecule has 4 rings (SSSR count). The Morgan fingerprint density at radius 1 is 1.14 bits per heavy atom. The summed E-state index contributed by atoms with van der Waals surface area (Å²) < 4.78 is 13.3. The Labute approximate surface area is 132 Å². The van der Waals surface area contributed by atoms with Gasteiger partial charge in [0.2, 0.25) is 0 Å². The van der Waals surface area contributed by atoms with Gasteiger partial charge in [-0.15, -0.1) is 0 Å². The molecule has 0 aromatic carbocycles. The number of allylic oxidation sites excluding steroid dienone is 2. The van der Waals surface area contributed by atoms with Gasteiger partial charge in [-0.25, -0.2) is 4.39 Å². The predicted molar refractivity (Wildman–Crippen MR) is 86.1 cm³/mol. The van der Waals surface area contributed by atoms with Crippen LogP contribution in [0, 0.1) is 10.8 Å². The highest BCUT2D eigenvalue weighted by Gasteiger charge is 2.53. The van der Waals surface area contributed by atoms with E-state index in [1.54, 1.807) is 6.08 Å². The molecule has 4 aliphatic carbocycles. The minimum absolute atomic E-state index is 0.00893. The standard InChI is InChI=1S/C19H28FNO/c1-17(6-8-18(9-7-17)10-11-18)16(22)21-19(12-13-19)14-2-4-15(20)5-3-14/h2-4,15-16,21-22H,5-13H2,1H3. The van der Waals surface area contributed by atoms with Crippen LogP contribution in [-0.2, 0) is 0 Å². The molecule has 2 atom stereocenters. The van der Waals surface area contributed by atoms with E-state index in [1.165, 1.54) is 31.3 Å². The summed E-state index contributed by atoms with van der Waals surface area (Å²) >= 11 is 0. The summed E-state index contributed by atoms with van der Waals surface area (Å²) in [5.41, 5.74) is 1.73. The van der Waals surface area contributed by atoms with Gasteiger partial charge in [-0.3, -0.25) is 5.32 Å². The Balaban J connectivity index is 1.41. The molecular weight excluding hydrogens is 277 g/mol. The normalized spacial score (nSPS) is 35.0. The van der Waals surface area contributed by atoms with Crippen molar-refractivity contribution < 1.29 is 9.50 Å². The number of aliphatic hydroxyl groups is 1. The highest BCUT2D eigenvalue weighted by molar-refractivity contribution is 5.40. The maximum absolute atomic E-state index is 13.3. The van der Waals surface area contributed by atoms with Gasteiger partial charge in [-0.05, 0) is 62.4 Å². The van der Waals surface area contributed by atoms with Crippen LogP contribution in [0.25, 0.3) is 0 Å². The second-order valence-corrected chi connectivity index (χ2v) is 8.55. The van der Waals surface area contributed by atoms with Gasteiger partial charge in [-0.2, -0.15) is 0 Å². The van der Waals surface area contributed by atoms with Crippen LogP contribution in [0.2, 0.25) is 0 Å². The number of rotatable bonds is 4. The summed E-state index contributed by atoms with van der Waals surface area (Å²) in [5, 5.41) is 14.4. The molecule has 3 heteroatoms. The van der Waals surface area contributed by atoms with Crippen molar-refractivity contribution in [3.8, 4) is 0 Å². The molecule has 2 unspecified atom stereocenters. The van der Waals surface area contributed by atoms with Gasteiger partial charge < -0.3 is 5.11 Å². The topological polar surface area (TPSA) is 32.3 Å². The number of alkyl halides is 1. The van der Waals surface area contributed by atoms with Crippen LogP contribution in [-0.4, -0.2) is 23.0 Å². The Bertz CT molecular complexity index is 506. The lowest BCUT2D eigenvalue weighted by Crippen LogP contribution is -2.51. The fraction of sp³-hybridized carbons (Fsp3) is 0.789. The third-order valence-corrected chi connectivity index (χ3v) is 6.83. The molecule has 2 N–H and O–H groups in total. The molecule has 0 bridgehead atoms. The maximum atomic E-state index is 13.3. The predicted octanol–water partition coefficient (Wildman–Crippen LogP) is 4.01. The molecule has 1 spiro atoms. The van der Waals surface area contributed by atoms with Gasteiger partial charge in [-0.1, -0.05) is 25.2 Å². The number of hydrogen-bond acceptors (Lipinski definition) is 2. The molecule has 4 aliphatic rings. The lowest BCUT2D eigenvalue weighted by atomic mass is 9.69. The molecule has 0 radical (unpaired) electrons. The van der Waals surface area contributed by atoms with Crippen molar-refractivity contribution >= 4 is 0 Å². The summed E-state index contributed by atoms with van der Waals surface area (Å²) in [6, 6.07) is 0. The fourth-order valence-electron chi connectivity index (χ4n) is 4.33. The molecule has 22 heavy (non-hydrogen) atoms. The van der Waals surface area contributed by atoms with E-state index in [0.717, 1.165) is 25.7 Å². The monoisotopic (exact) mass is 305 g/mol. The second kappa shape index (κ2) is 4.91. The van der Waals surface area contributed by atoms with E-state index >= 15 is 0 Å². The number of halogens is 1. The molecular formula is C19H28FNO. The molecule has 0 amide bonds. The first kappa shape index (κ1) is 14.9. The molecule has 122 valence electrons. The number of aliphatic hydroxyl groups excluding tert-OH is 1. The van der Waals surface area contributed by atoms with Crippen molar-refractivity contribution in [2.75, 3.05) is 0 Å². The average molecular weight is 305 g/mol. The first-order valence-corrected chi connectivity index (χ1v) is 8.94. The summed E-state index contributed by atoms with van der Waals surface area (Å²) in [6.45, 7) is 2.23. The van der Waals surface area contributed by atoms with Crippen molar-refractivity contribution in [2.24, 2.45) is 10.8 Å². The number of nitrogens with one attached hydrogen (secondary N) is 1. The van der Waals surface area contributed by atoms with Gasteiger partial charge >= 0.3 is 0 Å². The lowest BCUT2D eigenvalue weighted by Gasteiger charge is -2.43. The van der Waals surface area contributed by atoms with Crippen molar-refractivity contribution in [1.29, 1.82) is 0 Å². The van der Waals surface area contributed by atoms with E-state index in [-0.39, 0.29) is 11.0 Å². The number of hydrogen-bond donors (Lipinski definition) is 2. The minimum atomic E-state index is -0.838. The van der Waals surface area contributed by atoms with Crippen molar-refractivity contribution in [2.45, 2.75) is 82.6 Å². The zero-order valence-corrected chi connectivity index (χ0v) is 13.6. The molecule has 0 aromatic rings. The quantitative estimate of drug-likeness (QED) is 0.769. The zero-order chi connectivity index (χ0) is 15.4. The Morgan fingerprint density at radius 2 is 1.77 bits per heavy atom. The minimum Gasteiger partial charge on any atom is -0.378 e. The third-order valence-electron chi connectivity index (χ3n) is 6.83. The van der Waals surface area contributed by atoms with Crippen LogP contribution < -0.4 is 5.32 Å².